The van der Waals surface area contributed by atoms with Crippen molar-refractivity contribution in [2.24, 2.45) is 0 Å². The number of anilines is 1. The summed E-state index contributed by atoms with van der Waals surface area (Å²) >= 11 is 0. The van der Waals surface area contributed by atoms with Crippen molar-refractivity contribution in [1.29, 1.82) is 0 Å². The second-order valence-corrected chi connectivity index (χ2v) is 2.98. The number of nitrogens with two attached hydrogens (primary N) is 1. The Bertz CT molecular complexity index is 251. The van der Waals surface area contributed by atoms with Gasteiger partial charge in [0.25, 0.3) is 0 Å². The fourth-order valence-electron chi connectivity index (χ4n) is 1.12. The van der Waals surface area contributed by atoms with E-state index in [9.17, 15) is 0 Å². The maximum atomic E-state index is 5.57. The molecule has 2 nitrogen and oxygen atoms in total. The molecule has 0 unspecified atom stereocenters. The zero-order valence-corrected chi connectivity index (χ0v) is 7.79. The first-order chi connectivity index (χ1) is 6.33. The van der Waals surface area contributed by atoms with Gasteiger partial charge in [-0.15, -0.1) is 6.58 Å². The fourth-order valence-corrected chi connectivity index (χ4v) is 1.12. The lowest BCUT2D eigenvalue weighted by molar-refractivity contribution is 0.745. The Labute approximate surface area is 79.5 Å². The molecule has 0 bridgehead atoms. The Balaban J connectivity index is 2.28. The lowest BCUT2D eigenvalue weighted by atomic mass is 10.1. The van der Waals surface area contributed by atoms with E-state index in [0.717, 1.165) is 25.2 Å². The van der Waals surface area contributed by atoms with Crippen molar-refractivity contribution >= 4 is 5.69 Å². The topological polar surface area (TPSA) is 38.0 Å². The van der Waals surface area contributed by atoms with Gasteiger partial charge in [0.05, 0.1) is 0 Å². The van der Waals surface area contributed by atoms with Gasteiger partial charge in [-0.25, -0.2) is 0 Å². The highest BCUT2D eigenvalue weighted by Gasteiger charge is 1.91. The molecule has 0 aliphatic heterocycles. The molecule has 0 spiro atoms. The third kappa shape index (κ3) is 3.76. The van der Waals surface area contributed by atoms with Crippen molar-refractivity contribution < 1.29 is 0 Å². The van der Waals surface area contributed by atoms with Gasteiger partial charge in [0, 0.05) is 12.2 Å². The standard InChI is InChI=1S/C11H16N2/c1-2-8-13-9-7-10-3-5-11(12)6-4-10/h2-6,13H,1,7-9,12H2. The van der Waals surface area contributed by atoms with Gasteiger partial charge in [-0.2, -0.15) is 0 Å². The number of rotatable bonds is 5. The molecule has 3 N–H and O–H groups in total. The first kappa shape index (κ1) is 9.81. The minimum Gasteiger partial charge on any atom is -0.399 e. The van der Waals surface area contributed by atoms with Crippen LogP contribution in [0.5, 0.6) is 0 Å². The molecule has 13 heavy (non-hydrogen) atoms. The second-order valence-electron chi connectivity index (χ2n) is 2.98. The van der Waals surface area contributed by atoms with Crippen LogP contribution in [0.15, 0.2) is 36.9 Å². The Morgan fingerprint density at radius 2 is 2.00 bits per heavy atom. The summed E-state index contributed by atoms with van der Waals surface area (Å²) < 4.78 is 0. The Hall–Kier alpha value is -1.28. The van der Waals surface area contributed by atoms with Crippen LogP contribution in [0, 0.1) is 0 Å². The highest BCUT2D eigenvalue weighted by Crippen LogP contribution is 2.05. The van der Waals surface area contributed by atoms with Crippen molar-refractivity contribution in [3.8, 4) is 0 Å². The molecule has 1 aromatic rings. The largest absolute Gasteiger partial charge is 0.399 e. The molecule has 0 amide bonds. The predicted molar refractivity (Wildman–Crippen MR) is 57.6 cm³/mol. The Morgan fingerprint density at radius 3 is 2.62 bits per heavy atom. The van der Waals surface area contributed by atoms with Gasteiger partial charge in [0.2, 0.25) is 0 Å². The number of benzene rings is 1. The van der Waals surface area contributed by atoms with Gasteiger partial charge in [0.1, 0.15) is 0 Å². The zero-order chi connectivity index (χ0) is 9.52. The molecule has 0 fully saturated rings. The van der Waals surface area contributed by atoms with E-state index in [0.29, 0.717) is 0 Å². The first-order valence-electron chi connectivity index (χ1n) is 4.49. The van der Waals surface area contributed by atoms with Crippen LogP contribution in [-0.4, -0.2) is 13.1 Å². The maximum Gasteiger partial charge on any atom is 0.0314 e. The van der Waals surface area contributed by atoms with Crippen LogP contribution in [-0.2, 0) is 6.42 Å². The normalized spacial score (nSPS) is 9.85. The van der Waals surface area contributed by atoms with Crippen molar-refractivity contribution in [3.05, 3.63) is 42.5 Å². The highest BCUT2D eigenvalue weighted by atomic mass is 14.8. The monoisotopic (exact) mass is 176 g/mol. The van der Waals surface area contributed by atoms with Crippen LogP contribution in [0.2, 0.25) is 0 Å². The molecular formula is C11H16N2. The van der Waals surface area contributed by atoms with Gasteiger partial charge in [-0.1, -0.05) is 18.2 Å². The van der Waals surface area contributed by atoms with Crippen LogP contribution in [0.1, 0.15) is 5.56 Å². The lowest BCUT2D eigenvalue weighted by Gasteiger charge is -2.02. The Kier molecular flexibility index (Phi) is 4.06. The van der Waals surface area contributed by atoms with Crippen LogP contribution >= 0.6 is 0 Å². The van der Waals surface area contributed by atoms with Gasteiger partial charge >= 0.3 is 0 Å². The summed E-state index contributed by atoms with van der Waals surface area (Å²) in [5, 5.41) is 3.25. The SMILES string of the molecule is C=CCNCCc1ccc(N)cc1. The molecule has 0 aliphatic carbocycles. The third-order valence-corrected chi connectivity index (χ3v) is 1.86. The number of nitrogens with one attached hydrogen (secondary N) is 1. The summed E-state index contributed by atoms with van der Waals surface area (Å²) in [6.07, 6.45) is 2.90. The van der Waals surface area contributed by atoms with Crippen LogP contribution in [0.4, 0.5) is 5.69 Å². The summed E-state index contributed by atoms with van der Waals surface area (Å²) in [5.74, 6) is 0. The van der Waals surface area contributed by atoms with E-state index in [1.807, 2.05) is 18.2 Å². The molecule has 0 radical (unpaired) electrons. The molecule has 0 atom stereocenters. The molecule has 1 rings (SSSR count). The van der Waals surface area contributed by atoms with E-state index in [1.165, 1.54) is 5.56 Å². The molecular weight excluding hydrogens is 160 g/mol. The minimum absolute atomic E-state index is 0.822. The smallest absolute Gasteiger partial charge is 0.0314 e. The molecule has 70 valence electrons. The molecule has 1 aromatic carbocycles. The highest BCUT2D eigenvalue weighted by molar-refractivity contribution is 5.39. The van der Waals surface area contributed by atoms with Crippen molar-refractivity contribution in [1.82, 2.24) is 5.32 Å². The van der Waals surface area contributed by atoms with E-state index in [2.05, 4.69) is 24.0 Å². The van der Waals surface area contributed by atoms with Gasteiger partial charge < -0.3 is 11.1 Å². The van der Waals surface area contributed by atoms with E-state index in [4.69, 9.17) is 5.73 Å². The zero-order valence-electron chi connectivity index (χ0n) is 7.79. The molecule has 2 heteroatoms. The van der Waals surface area contributed by atoms with Crippen LogP contribution in [0.25, 0.3) is 0 Å². The summed E-state index contributed by atoms with van der Waals surface area (Å²) in [6, 6.07) is 7.99. The van der Waals surface area contributed by atoms with Crippen LogP contribution < -0.4 is 11.1 Å². The summed E-state index contributed by atoms with van der Waals surface area (Å²) in [5.41, 5.74) is 7.71. The second kappa shape index (κ2) is 5.38. The average Bonchev–Trinajstić information content (AvgIpc) is 2.15. The summed E-state index contributed by atoms with van der Waals surface area (Å²) in [4.78, 5) is 0. The Morgan fingerprint density at radius 1 is 1.31 bits per heavy atom. The van der Waals surface area contributed by atoms with Gasteiger partial charge in [-0.3, -0.25) is 0 Å². The van der Waals surface area contributed by atoms with Crippen LogP contribution in [0.3, 0.4) is 0 Å². The van der Waals surface area contributed by atoms with Crippen molar-refractivity contribution in [2.75, 3.05) is 18.8 Å². The fraction of sp³-hybridized carbons (Fsp3) is 0.273. The van der Waals surface area contributed by atoms with E-state index in [1.54, 1.807) is 0 Å². The minimum atomic E-state index is 0.822. The van der Waals surface area contributed by atoms with E-state index in [-0.39, 0.29) is 0 Å². The molecule has 0 heterocycles. The summed E-state index contributed by atoms with van der Waals surface area (Å²) in [7, 11) is 0. The number of hydrogen-bond acceptors (Lipinski definition) is 2. The molecule has 0 aliphatic rings. The quantitative estimate of drug-likeness (QED) is 0.406. The third-order valence-electron chi connectivity index (χ3n) is 1.86. The number of nitrogen functional groups attached to an aromatic ring is 1. The molecule has 0 saturated heterocycles. The molecule has 0 saturated carbocycles. The van der Waals surface area contributed by atoms with E-state index >= 15 is 0 Å². The summed E-state index contributed by atoms with van der Waals surface area (Å²) in [6.45, 7) is 5.49. The lowest BCUT2D eigenvalue weighted by Crippen LogP contribution is -2.16. The predicted octanol–water partition coefficient (Wildman–Crippen LogP) is 1.59. The van der Waals surface area contributed by atoms with Crippen molar-refractivity contribution in [3.63, 3.8) is 0 Å². The number of hydrogen-bond donors (Lipinski definition) is 2. The first-order valence-corrected chi connectivity index (χ1v) is 4.49. The van der Waals surface area contributed by atoms with Crippen molar-refractivity contribution in [2.45, 2.75) is 6.42 Å². The van der Waals surface area contributed by atoms with Gasteiger partial charge in [-0.05, 0) is 30.7 Å². The van der Waals surface area contributed by atoms with Gasteiger partial charge in [0.15, 0.2) is 0 Å². The van der Waals surface area contributed by atoms with E-state index < -0.39 is 0 Å². The average molecular weight is 176 g/mol. The molecule has 0 aromatic heterocycles. The maximum absolute atomic E-state index is 5.57.